The molecule has 5 heteroatoms. The summed E-state index contributed by atoms with van der Waals surface area (Å²) in [6, 6.07) is 11.1. The molecule has 0 bridgehead atoms. The van der Waals surface area contributed by atoms with Crippen LogP contribution in [0.5, 0.6) is 0 Å². The number of carboxylic acids is 1. The quantitative estimate of drug-likeness (QED) is 0.892. The molecule has 0 fully saturated rings. The van der Waals surface area contributed by atoms with Crippen molar-refractivity contribution in [3.8, 4) is 0 Å². The molecule has 2 rings (SSSR count). The number of rotatable bonds is 4. The van der Waals surface area contributed by atoms with Gasteiger partial charge in [-0.05, 0) is 24.6 Å². The standard InChI is InChI=1S/C15H16N2O3/c1-10-8-9-12(17(10)2)14(18)16-13(15(19)20)11-6-4-3-5-7-11/h3-9,13H,1-2H3,(H,16,18)(H,19,20)/t13-/m0/s1. The normalized spacial score (nSPS) is 11.9. The highest BCUT2D eigenvalue weighted by Gasteiger charge is 2.23. The molecule has 2 aromatic rings. The lowest BCUT2D eigenvalue weighted by Gasteiger charge is -2.15. The van der Waals surface area contributed by atoms with Gasteiger partial charge in [-0.25, -0.2) is 4.79 Å². The lowest BCUT2D eigenvalue weighted by Crippen LogP contribution is -2.34. The second kappa shape index (κ2) is 5.61. The van der Waals surface area contributed by atoms with Crippen LogP contribution in [0.1, 0.15) is 27.8 Å². The Labute approximate surface area is 116 Å². The fraction of sp³-hybridized carbons (Fsp3) is 0.200. The van der Waals surface area contributed by atoms with Crippen LogP contribution in [0.3, 0.4) is 0 Å². The Kier molecular flexibility index (Phi) is 3.89. The average molecular weight is 272 g/mol. The maximum atomic E-state index is 12.2. The van der Waals surface area contributed by atoms with Crippen molar-refractivity contribution in [2.45, 2.75) is 13.0 Å². The number of carbonyl (C=O) groups excluding carboxylic acids is 1. The summed E-state index contributed by atoms with van der Waals surface area (Å²) in [5, 5.41) is 11.8. The molecule has 0 aliphatic rings. The minimum absolute atomic E-state index is 0.406. The minimum atomic E-state index is -1.09. The fourth-order valence-electron chi connectivity index (χ4n) is 1.98. The van der Waals surface area contributed by atoms with Gasteiger partial charge < -0.3 is 15.0 Å². The molecule has 0 aliphatic carbocycles. The molecule has 1 aromatic carbocycles. The zero-order valence-electron chi connectivity index (χ0n) is 11.3. The van der Waals surface area contributed by atoms with Crippen LogP contribution in [0.2, 0.25) is 0 Å². The number of aromatic nitrogens is 1. The largest absolute Gasteiger partial charge is 0.479 e. The van der Waals surface area contributed by atoms with Crippen LogP contribution in [-0.2, 0) is 11.8 Å². The van der Waals surface area contributed by atoms with Gasteiger partial charge in [0.25, 0.3) is 5.91 Å². The summed E-state index contributed by atoms with van der Waals surface area (Å²) in [6.07, 6.45) is 0. The number of hydrogen-bond acceptors (Lipinski definition) is 2. The maximum absolute atomic E-state index is 12.2. The molecule has 1 heterocycles. The number of nitrogens with one attached hydrogen (secondary N) is 1. The summed E-state index contributed by atoms with van der Waals surface area (Å²) >= 11 is 0. The van der Waals surface area contributed by atoms with Gasteiger partial charge in [0, 0.05) is 12.7 Å². The van der Waals surface area contributed by atoms with Gasteiger partial charge in [-0.3, -0.25) is 4.79 Å². The van der Waals surface area contributed by atoms with Crippen LogP contribution in [0.4, 0.5) is 0 Å². The Balaban J connectivity index is 2.24. The van der Waals surface area contributed by atoms with E-state index < -0.39 is 17.9 Å². The van der Waals surface area contributed by atoms with Crippen molar-refractivity contribution in [2.24, 2.45) is 7.05 Å². The van der Waals surface area contributed by atoms with Crippen molar-refractivity contribution in [1.29, 1.82) is 0 Å². The van der Waals surface area contributed by atoms with Gasteiger partial charge in [0.05, 0.1) is 0 Å². The second-order valence-electron chi connectivity index (χ2n) is 4.57. The Morgan fingerprint density at radius 2 is 1.80 bits per heavy atom. The van der Waals surface area contributed by atoms with Gasteiger partial charge in [-0.1, -0.05) is 30.3 Å². The first-order valence-electron chi connectivity index (χ1n) is 6.21. The highest BCUT2D eigenvalue weighted by atomic mass is 16.4. The van der Waals surface area contributed by atoms with Crippen molar-refractivity contribution in [3.05, 3.63) is 59.4 Å². The first-order chi connectivity index (χ1) is 9.50. The van der Waals surface area contributed by atoms with Crippen LogP contribution in [0, 0.1) is 6.92 Å². The van der Waals surface area contributed by atoms with Crippen molar-refractivity contribution in [1.82, 2.24) is 9.88 Å². The lowest BCUT2D eigenvalue weighted by atomic mass is 10.1. The predicted octanol–water partition coefficient (Wildman–Crippen LogP) is 1.89. The van der Waals surface area contributed by atoms with E-state index in [1.54, 1.807) is 48.0 Å². The zero-order chi connectivity index (χ0) is 14.7. The number of aryl methyl sites for hydroxylation is 1. The molecule has 0 spiro atoms. The van der Waals surface area contributed by atoms with E-state index in [4.69, 9.17) is 0 Å². The molecule has 2 N–H and O–H groups in total. The Morgan fingerprint density at radius 1 is 1.15 bits per heavy atom. The van der Waals surface area contributed by atoms with Gasteiger partial charge in [0.2, 0.25) is 0 Å². The molecule has 20 heavy (non-hydrogen) atoms. The topological polar surface area (TPSA) is 71.3 Å². The van der Waals surface area contributed by atoms with Crippen molar-refractivity contribution in [2.75, 3.05) is 0 Å². The summed E-state index contributed by atoms with van der Waals surface area (Å²) in [5.74, 6) is -1.49. The monoisotopic (exact) mass is 272 g/mol. The zero-order valence-corrected chi connectivity index (χ0v) is 11.3. The van der Waals surface area contributed by atoms with E-state index in [2.05, 4.69) is 5.32 Å². The molecule has 0 radical (unpaired) electrons. The third-order valence-corrected chi connectivity index (χ3v) is 3.26. The third kappa shape index (κ3) is 2.71. The Morgan fingerprint density at radius 3 is 2.30 bits per heavy atom. The number of carboxylic acid groups (broad SMARTS) is 1. The molecule has 0 unspecified atom stereocenters. The van der Waals surface area contributed by atoms with E-state index in [-0.39, 0.29) is 0 Å². The Hall–Kier alpha value is -2.56. The number of benzene rings is 1. The molecule has 1 atom stereocenters. The number of amides is 1. The molecule has 0 saturated heterocycles. The second-order valence-corrected chi connectivity index (χ2v) is 4.57. The summed E-state index contributed by atoms with van der Waals surface area (Å²) in [7, 11) is 1.77. The molecule has 0 aliphatic heterocycles. The average Bonchev–Trinajstić information content (AvgIpc) is 2.77. The number of hydrogen-bond donors (Lipinski definition) is 2. The van der Waals surface area contributed by atoms with Crippen molar-refractivity contribution < 1.29 is 14.7 Å². The van der Waals surface area contributed by atoms with Gasteiger partial charge in [0.1, 0.15) is 5.69 Å². The van der Waals surface area contributed by atoms with Crippen LogP contribution in [0.15, 0.2) is 42.5 Å². The highest BCUT2D eigenvalue weighted by Crippen LogP contribution is 2.14. The molecule has 104 valence electrons. The fourth-order valence-corrected chi connectivity index (χ4v) is 1.98. The van der Waals surface area contributed by atoms with Crippen molar-refractivity contribution in [3.63, 3.8) is 0 Å². The summed E-state index contributed by atoms with van der Waals surface area (Å²) in [4.78, 5) is 23.5. The van der Waals surface area contributed by atoms with Crippen LogP contribution >= 0.6 is 0 Å². The summed E-state index contributed by atoms with van der Waals surface area (Å²) in [5.41, 5.74) is 1.91. The van der Waals surface area contributed by atoms with Gasteiger partial charge in [0.15, 0.2) is 6.04 Å². The smallest absolute Gasteiger partial charge is 0.330 e. The van der Waals surface area contributed by atoms with E-state index in [0.29, 0.717) is 11.3 Å². The number of aliphatic carboxylic acids is 1. The SMILES string of the molecule is Cc1ccc(C(=O)N[C@H](C(=O)O)c2ccccc2)n1C. The van der Waals surface area contributed by atoms with Crippen LogP contribution in [-0.4, -0.2) is 21.6 Å². The van der Waals surface area contributed by atoms with E-state index >= 15 is 0 Å². The molecular formula is C15H16N2O3. The van der Waals surface area contributed by atoms with E-state index in [9.17, 15) is 14.7 Å². The Bertz CT molecular complexity index is 632. The van der Waals surface area contributed by atoms with Gasteiger partial charge in [-0.15, -0.1) is 0 Å². The minimum Gasteiger partial charge on any atom is -0.479 e. The number of nitrogens with zero attached hydrogens (tertiary/aromatic N) is 1. The molecule has 5 nitrogen and oxygen atoms in total. The van der Waals surface area contributed by atoms with Crippen LogP contribution in [0.25, 0.3) is 0 Å². The van der Waals surface area contributed by atoms with Gasteiger partial charge >= 0.3 is 5.97 Å². The molecule has 1 amide bonds. The first kappa shape index (κ1) is 13.9. The lowest BCUT2D eigenvalue weighted by molar-refractivity contribution is -0.139. The van der Waals surface area contributed by atoms with E-state index in [1.807, 2.05) is 13.0 Å². The van der Waals surface area contributed by atoms with E-state index in [0.717, 1.165) is 5.69 Å². The molecule has 0 saturated carbocycles. The molecule has 1 aromatic heterocycles. The number of carbonyl (C=O) groups is 2. The van der Waals surface area contributed by atoms with Gasteiger partial charge in [-0.2, -0.15) is 0 Å². The predicted molar refractivity (Wildman–Crippen MR) is 74.4 cm³/mol. The third-order valence-electron chi connectivity index (χ3n) is 3.26. The van der Waals surface area contributed by atoms with E-state index in [1.165, 1.54) is 0 Å². The summed E-state index contributed by atoms with van der Waals surface area (Å²) in [6.45, 7) is 1.88. The molecular weight excluding hydrogens is 256 g/mol. The highest BCUT2D eigenvalue weighted by molar-refractivity contribution is 5.95. The maximum Gasteiger partial charge on any atom is 0.330 e. The van der Waals surface area contributed by atoms with Crippen LogP contribution < -0.4 is 5.32 Å². The first-order valence-corrected chi connectivity index (χ1v) is 6.21. The summed E-state index contributed by atoms with van der Waals surface area (Å²) < 4.78 is 1.72. The van der Waals surface area contributed by atoms with Crippen molar-refractivity contribution >= 4 is 11.9 Å².